The van der Waals surface area contributed by atoms with E-state index in [1.54, 1.807) is 19.1 Å². The SMILES string of the molecule is Cc1c(C(=O)NCCc2cc(Cl)c3c(c2)OCCO3)cccc1[N+](=O)[O-]. The molecule has 7 nitrogen and oxygen atoms in total. The summed E-state index contributed by atoms with van der Waals surface area (Å²) in [6.07, 6.45) is 0.538. The minimum absolute atomic E-state index is 0.0729. The fourth-order valence-corrected chi connectivity index (χ4v) is 3.08. The standard InChI is InChI=1S/C18H17ClN2O5/c1-11-13(3-2-4-15(11)21(23)24)18(22)20-6-5-12-9-14(19)17-16(10-12)25-7-8-26-17/h2-4,9-10H,5-8H2,1H3,(H,20,22). The third-order valence-corrected chi connectivity index (χ3v) is 4.38. The molecule has 2 aromatic rings. The fraction of sp³-hybridized carbons (Fsp3) is 0.278. The van der Waals surface area contributed by atoms with E-state index in [0.717, 1.165) is 5.56 Å². The van der Waals surface area contributed by atoms with Crippen molar-refractivity contribution in [2.75, 3.05) is 19.8 Å². The molecule has 0 unspecified atom stereocenters. The zero-order valence-electron chi connectivity index (χ0n) is 14.1. The molecule has 3 rings (SSSR count). The number of hydrogen-bond donors (Lipinski definition) is 1. The number of fused-ring (bicyclic) bond motifs is 1. The maximum absolute atomic E-state index is 12.3. The molecule has 0 saturated carbocycles. The van der Waals surface area contributed by atoms with Crippen LogP contribution in [0.25, 0.3) is 0 Å². The van der Waals surface area contributed by atoms with Gasteiger partial charge in [-0.2, -0.15) is 0 Å². The Labute approximate surface area is 155 Å². The number of hydrogen-bond acceptors (Lipinski definition) is 5. The van der Waals surface area contributed by atoms with Crippen LogP contribution in [0.1, 0.15) is 21.5 Å². The summed E-state index contributed by atoms with van der Waals surface area (Å²) in [5, 5.41) is 14.2. The molecular weight excluding hydrogens is 360 g/mol. The molecule has 2 aromatic carbocycles. The van der Waals surface area contributed by atoms with Crippen molar-refractivity contribution in [3.05, 3.63) is 62.2 Å². The van der Waals surface area contributed by atoms with Gasteiger partial charge in [0, 0.05) is 23.7 Å². The minimum atomic E-state index is -0.497. The van der Waals surface area contributed by atoms with Crippen LogP contribution < -0.4 is 14.8 Å². The highest BCUT2D eigenvalue weighted by molar-refractivity contribution is 6.32. The van der Waals surface area contributed by atoms with Gasteiger partial charge in [0.05, 0.1) is 9.95 Å². The zero-order valence-corrected chi connectivity index (χ0v) is 14.8. The lowest BCUT2D eigenvalue weighted by molar-refractivity contribution is -0.385. The molecule has 0 radical (unpaired) electrons. The van der Waals surface area contributed by atoms with Crippen LogP contribution in [0.5, 0.6) is 11.5 Å². The Morgan fingerprint density at radius 1 is 1.31 bits per heavy atom. The summed E-state index contributed by atoms with van der Waals surface area (Å²) in [5.74, 6) is 0.785. The molecule has 0 spiro atoms. The average molecular weight is 377 g/mol. The molecule has 0 bridgehead atoms. The maximum atomic E-state index is 12.3. The van der Waals surface area contributed by atoms with E-state index in [0.29, 0.717) is 53.8 Å². The van der Waals surface area contributed by atoms with Crippen molar-refractivity contribution in [3.63, 3.8) is 0 Å². The van der Waals surface area contributed by atoms with Crippen molar-refractivity contribution < 1.29 is 19.2 Å². The van der Waals surface area contributed by atoms with E-state index >= 15 is 0 Å². The van der Waals surface area contributed by atoms with Gasteiger partial charge in [0.25, 0.3) is 11.6 Å². The third kappa shape index (κ3) is 3.72. The first-order chi connectivity index (χ1) is 12.5. The number of benzene rings is 2. The topological polar surface area (TPSA) is 90.7 Å². The lowest BCUT2D eigenvalue weighted by Gasteiger charge is -2.20. The number of carbonyl (C=O) groups excluding carboxylic acids is 1. The zero-order chi connectivity index (χ0) is 18.7. The molecule has 0 saturated heterocycles. The number of rotatable bonds is 5. The summed E-state index contributed by atoms with van der Waals surface area (Å²) in [7, 11) is 0. The van der Waals surface area contributed by atoms with Crippen molar-refractivity contribution >= 4 is 23.2 Å². The second kappa shape index (κ2) is 7.61. The Morgan fingerprint density at radius 2 is 2.08 bits per heavy atom. The Balaban J connectivity index is 1.65. The highest BCUT2D eigenvalue weighted by Gasteiger charge is 2.19. The van der Waals surface area contributed by atoms with Crippen molar-refractivity contribution in [1.29, 1.82) is 0 Å². The molecule has 1 N–H and O–H groups in total. The molecule has 1 heterocycles. The van der Waals surface area contributed by atoms with Crippen molar-refractivity contribution in [1.82, 2.24) is 5.32 Å². The number of carbonyl (C=O) groups is 1. The molecule has 0 fully saturated rings. The lowest BCUT2D eigenvalue weighted by Crippen LogP contribution is -2.26. The summed E-state index contributed by atoms with van der Waals surface area (Å²) >= 11 is 6.20. The van der Waals surface area contributed by atoms with Crippen molar-refractivity contribution in [2.45, 2.75) is 13.3 Å². The van der Waals surface area contributed by atoms with Gasteiger partial charge in [-0.25, -0.2) is 0 Å². The molecule has 0 aromatic heterocycles. The molecular formula is C18H17ClN2O5. The summed E-state index contributed by atoms with van der Waals surface area (Å²) in [4.78, 5) is 22.8. The number of nitrogens with zero attached hydrogens (tertiary/aromatic N) is 1. The highest BCUT2D eigenvalue weighted by atomic mass is 35.5. The largest absolute Gasteiger partial charge is 0.486 e. The normalized spacial score (nSPS) is 12.5. The van der Waals surface area contributed by atoms with Gasteiger partial charge in [0.2, 0.25) is 0 Å². The first-order valence-electron chi connectivity index (χ1n) is 8.07. The van der Waals surface area contributed by atoms with Gasteiger partial charge in [-0.1, -0.05) is 17.7 Å². The Hall–Kier alpha value is -2.80. The summed E-state index contributed by atoms with van der Waals surface area (Å²) < 4.78 is 11.0. The van der Waals surface area contributed by atoms with Crippen LogP contribution in [0.15, 0.2) is 30.3 Å². The van der Waals surface area contributed by atoms with Crippen LogP contribution in [0.2, 0.25) is 5.02 Å². The molecule has 26 heavy (non-hydrogen) atoms. The highest BCUT2D eigenvalue weighted by Crippen LogP contribution is 2.38. The van der Waals surface area contributed by atoms with E-state index in [1.165, 1.54) is 12.1 Å². The monoisotopic (exact) mass is 376 g/mol. The van der Waals surface area contributed by atoms with Gasteiger partial charge in [-0.15, -0.1) is 0 Å². The van der Waals surface area contributed by atoms with Crippen LogP contribution in [0, 0.1) is 17.0 Å². The van der Waals surface area contributed by atoms with E-state index in [9.17, 15) is 14.9 Å². The van der Waals surface area contributed by atoms with Crippen molar-refractivity contribution in [2.24, 2.45) is 0 Å². The van der Waals surface area contributed by atoms with Gasteiger partial charge >= 0.3 is 0 Å². The van der Waals surface area contributed by atoms with E-state index < -0.39 is 4.92 Å². The number of nitrogens with one attached hydrogen (secondary N) is 1. The second-order valence-electron chi connectivity index (χ2n) is 5.81. The minimum Gasteiger partial charge on any atom is -0.486 e. The average Bonchev–Trinajstić information content (AvgIpc) is 2.61. The van der Waals surface area contributed by atoms with E-state index in [1.807, 2.05) is 6.07 Å². The van der Waals surface area contributed by atoms with Crippen molar-refractivity contribution in [3.8, 4) is 11.5 Å². The number of amides is 1. The number of halogens is 1. The molecule has 1 aliphatic rings. The Kier molecular flexibility index (Phi) is 5.27. The van der Waals surface area contributed by atoms with Gasteiger partial charge in [0.15, 0.2) is 11.5 Å². The Bertz CT molecular complexity index is 869. The van der Waals surface area contributed by atoms with E-state index in [-0.39, 0.29) is 11.6 Å². The van der Waals surface area contributed by atoms with Crippen LogP contribution in [0.4, 0.5) is 5.69 Å². The quantitative estimate of drug-likeness (QED) is 0.638. The lowest BCUT2D eigenvalue weighted by atomic mass is 10.1. The number of nitro groups is 1. The van der Waals surface area contributed by atoms with Gasteiger partial charge in [0.1, 0.15) is 13.2 Å². The van der Waals surface area contributed by atoms with Gasteiger partial charge in [-0.05, 0) is 37.1 Å². The van der Waals surface area contributed by atoms with Crippen LogP contribution in [-0.2, 0) is 6.42 Å². The maximum Gasteiger partial charge on any atom is 0.273 e. The van der Waals surface area contributed by atoms with Gasteiger partial charge in [-0.3, -0.25) is 14.9 Å². The van der Waals surface area contributed by atoms with Crippen LogP contribution >= 0.6 is 11.6 Å². The molecule has 136 valence electrons. The molecule has 0 aliphatic carbocycles. The number of nitro benzene ring substituents is 1. The second-order valence-corrected chi connectivity index (χ2v) is 6.22. The fourth-order valence-electron chi connectivity index (χ4n) is 2.79. The smallest absolute Gasteiger partial charge is 0.273 e. The summed E-state index contributed by atoms with van der Waals surface area (Å²) in [6.45, 7) is 2.85. The summed E-state index contributed by atoms with van der Waals surface area (Å²) in [5.41, 5.74) is 1.46. The number of ether oxygens (including phenoxy) is 2. The molecule has 8 heteroatoms. The Morgan fingerprint density at radius 3 is 2.85 bits per heavy atom. The van der Waals surface area contributed by atoms with E-state index in [4.69, 9.17) is 21.1 Å². The molecule has 1 aliphatic heterocycles. The summed E-state index contributed by atoms with van der Waals surface area (Å²) in [6, 6.07) is 8.06. The third-order valence-electron chi connectivity index (χ3n) is 4.10. The molecule has 0 atom stereocenters. The van der Waals surface area contributed by atoms with E-state index in [2.05, 4.69) is 5.32 Å². The molecule has 1 amide bonds. The predicted octanol–water partition coefficient (Wildman–Crippen LogP) is 3.30. The van der Waals surface area contributed by atoms with Gasteiger partial charge < -0.3 is 14.8 Å². The first-order valence-corrected chi connectivity index (χ1v) is 8.45. The predicted molar refractivity (Wildman–Crippen MR) is 96.3 cm³/mol. The van der Waals surface area contributed by atoms with Crippen LogP contribution in [-0.4, -0.2) is 30.6 Å². The van der Waals surface area contributed by atoms with Crippen LogP contribution in [0.3, 0.4) is 0 Å². The first kappa shape index (κ1) is 18.0.